The first kappa shape index (κ1) is 16.6. The third kappa shape index (κ3) is 3.03. The lowest BCUT2D eigenvalue weighted by atomic mass is 10.2. The number of ether oxygens (including phenoxy) is 1. The summed E-state index contributed by atoms with van der Waals surface area (Å²) in [5, 5.41) is 3.25. The van der Waals surface area contributed by atoms with E-state index in [0.29, 0.717) is 0 Å². The molecule has 2 heterocycles. The number of hydrogen-bond acceptors (Lipinski definition) is 3. The van der Waals surface area contributed by atoms with E-state index in [2.05, 4.69) is 5.32 Å². The van der Waals surface area contributed by atoms with Crippen molar-refractivity contribution in [1.82, 2.24) is 0 Å². The fourth-order valence-corrected chi connectivity index (χ4v) is 2.69. The molecule has 4 rings (SSSR count). The quantitative estimate of drug-likeness (QED) is 0.486. The molecule has 0 aliphatic carbocycles. The predicted octanol–water partition coefficient (Wildman–Crippen LogP) is 1.01. The van der Waals surface area contributed by atoms with Crippen molar-refractivity contribution in [3.05, 3.63) is 72.0 Å². The van der Waals surface area contributed by atoms with Gasteiger partial charge in [-0.2, -0.15) is 4.57 Å². The van der Waals surface area contributed by atoms with Crippen LogP contribution < -0.4 is 38.6 Å². The van der Waals surface area contributed by atoms with Crippen molar-refractivity contribution in [2.75, 3.05) is 5.32 Å². The Bertz CT molecular complexity index is 930. The van der Waals surface area contributed by atoms with Crippen molar-refractivity contribution >= 4 is 22.9 Å². The second-order valence-electron chi connectivity index (χ2n) is 5.59. The van der Waals surface area contributed by atoms with Gasteiger partial charge in [0.15, 0.2) is 11.6 Å². The average molecular weight is 432 g/mol. The Morgan fingerprint density at radius 3 is 2.62 bits per heavy atom. The van der Waals surface area contributed by atoms with Crippen LogP contribution in [0.3, 0.4) is 0 Å². The Hall–Kier alpha value is -2.28. The van der Waals surface area contributed by atoms with Crippen molar-refractivity contribution < 1.29 is 37.7 Å². The minimum absolute atomic E-state index is 0. The SMILES string of the molecule is CC(=Cc1oc2ccccc2[n+]1C)C=C1Nc2ccccc2O1.[I-]. The van der Waals surface area contributed by atoms with E-state index in [4.69, 9.17) is 9.15 Å². The van der Waals surface area contributed by atoms with Crippen LogP contribution in [0.5, 0.6) is 5.75 Å². The van der Waals surface area contributed by atoms with E-state index in [-0.39, 0.29) is 24.0 Å². The number of rotatable bonds is 2. The van der Waals surface area contributed by atoms with Crippen LogP contribution >= 0.6 is 0 Å². The summed E-state index contributed by atoms with van der Waals surface area (Å²) in [7, 11) is 2.00. The molecule has 0 saturated carbocycles. The van der Waals surface area contributed by atoms with E-state index in [9.17, 15) is 0 Å². The molecule has 0 amide bonds. The van der Waals surface area contributed by atoms with Crippen LogP contribution in [0.15, 0.2) is 70.5 Å². The molecule has 2 aromatic carbocycles. The molecule has 122 valence electrons. The number of aryl methyl sites for hydroxylation is 1. The minimum atomic E-state index is 0. The van der Waals surface area contributed by atoms with Gasteiger partial charge >= 0.3 is 5.89 Å². The van der Waals surface area contributed by atoms with Gasteiger partial charge in [0.05, 0.1) is 11.8 Å². The summed E-state index contributed by atoms with van der Waals surface area (Å²) in [4.78, 5) is 0. The average Bonchev–Trinajstić information content (AvgIpc) is 3.09. The highest BCUT2D eigenvalue weighted by Crippen LogP contribution is 2.33. The number of anilines is 1. The monoisotopic (exact) mass is 432 g/mol. The lowest BCUT2D eigenvalue weighted by Crippen LogP contribution is -3.00. The van der Waals surface area contributed by atoms with Crippen LogP contribution in [0, 0.1) is 0 Å². The zero-order valence-corrected chi connectivity index (χ0v) is 15.6. The molecular formula is C19H17IN2O2. The van der Waals surface area contributed by atoms with Gasteiger partial charge in [0, 0.05) is 12.1 Å². The first-order chi connectivity index (χ1) is 11.2. The molecule has 1 aliphatic heterocycles. The number of nitrogens with zero attached hydrogens (tertiary/aromatic N) is 1. The van der Waals surface area contributed by atoms with Crippen LogP contribution in [0.1, 0.15) is 12.8 Å². The van der Waals surface area contributed by atoms with Gasteiger partial charge in [0.1, 0.15) is 7.05 Å². The van der Waals surface area contributed by atoms with Gasteiger partial charge in [-0.25, -0.2) is 0 Å². The summed E-state index contributed by atoms with van der Waals surface area (Å²) in [6.45, 7) is 2.02. The smallest absolute Gasteiger partial charge is 0.374 e. The molecule has 3 aromatic rings. The van der Waals surface area contributed by atoms with Gasteiger partial charge in [-0.3, -0.25) is 0 Å². The van der Waals surface area contributed by atoms with E-state index in [1.54, 1.807) is 0 Å². The highest BCUT2D eigenvalue weighted by Gasteiger charge is 2.18. The third-order valence-electron chi connectivity index (χ3n) is 3.85. The number of para-hydroxylation sites is 4. The highest BCUT2D eigenvalue weighted by atomic mass is 127. The molecule has 0 radical (unpaired) electrons. The fourth-order valence-electron chi connectivity index (χ4n) is 2.69. The Balaban J connectivity index is 0.00000169. The number of hydrogen-bond donors (Lipinski definition) is 1. The van der Waals surface area contributed by atoms with Crippen LogP contribution in [0.25, 0.3) is 17.2 Å². The number of aromatic nitrogens is 1. The van der Waals surface area contributed by atoms with Crippen LogP contribution in [0.2, 0.25) is 0 Å². The molecule has 0 fully saturated rings. The summed E-state index contributed by atoms with van der Waals surface area (Å²) in [5.74, 6) is 2.37. The molecule has 5 heteroatoms. The second kappa shape index (κ2) is 6.68. The van der Waals surface area contributed by atoms with E-state index < -0.39 is 0 Å². The Morgan fingerprint density at radius 2 is 1.83 bits per heavy atom. The molecule has 0 atom stereocenters. The van der Waals surface area contributed by atoms with E-state index >= 15 is 0 Å². The fraction of sp³-hybridized carbons (Fsp3) is 0.105. The molecule has 24 heavy (non-hydrogen) atoms. The van der Waals surface area contributed by atoms with Crippen LogP contribution in [-0.4, -0.2) is 0 Å². The molecular weight excluding hydrogens is 415 g/mol. The maximum absolute atomic E-state index is 5.89. The standard InChI is InChI=1S/C19H16N2O2.HI/c1-13(11-18-20-14-7-3-5-9-16(14)22-18)12-19-21(2)15-8-4-6-10-17(15)23-19;/h3-12H,1-2H3;1H. The summed E-state index contributed by atoms with van der Waals surface area (Å²) < 4.78 is 13.7. The van der Waals surface area contributed by atoms with Crippen molar-refractivity contribution in [2.45, 2.75) is 6.92 Å². The topological polar surface area (TPSA) is 38.3 Å². The summed E-state index contributed by atoms with van der Waals surface area (Å²) in [6.07, 6.45) is 3.97. The molecule has 4 nitrogen and oxygen atoms in total. The molecule has 0 unspecified atom stereocenters. The molecule has 1 N–H and O–H groups in total. The zero-order chi connectivity index (χ0) is 15.8. The Labute approximate surface area is 157 Å². The lowest BCUT2D eigenvalue weighted by molar-refractivity contribution is -0.652. The van der Waals surface area contributed by atoms with Crippen molar-refractivity contribution in [3.63, 3.8) is 0 Å². The van der Waals surface area contributed by atoms with E-state index in [0.717, 1.165) is 39.9 Å². The van der Waals surface area contributed by atoms with Crippen molar-refractivity contribution in [3.8, 4) is 5.75 Å². The number of halogens is 1. The predicted molar refractivity (Wildman–Crippen MR) is 89.8 cm³/mol. The number of allylic oxidation sites excluding steroid dienone is 2. The third-order valence-corrected chi connectivity index (χ3v) is 3.85. The van der Waals surface area contributed by atoms with Gasteiger partial charge in [0.25, 0.3) is 5.52 Å². The first-order valence-corrected chi connectivity index (χ1v) is 7.52. The van der Waals surface area contributed by atoms with E-state index in [1.807, 2.05) is 79.2 Å². The molecule has 0 saturated heterocycles. The Morgan fingerprint density at radius 1 is 1.08 bits per heavy atom. The zero-order valence-electron chi connectivity index (χ0n) is 13.4. The maximum Gasteiger partial charge on any atom is 0.374 e. The summed E-state index contributed by atoms with van der Waals surface area (Å²) in [5.41, 5.74) is 3.97. The van der Waals surface area contributed by atoms with Gasteiger partial charge < -0.3 is 38.4 Å². The first-order valence-electron chi connectivity index (χ1n) is 7.52. The maximum atomic E-state index is 5.89. The van der Waals surface area contributed by atoms with Gasteiger partial charge in [0.2, 0.25) is 5.58 Å². The van der Waals surface area contributed by atoms with E-state index in [1.165, 1.54) is 0 Å². The molecule has 1 aromatic heterocycles. The molecule has 1 aliphatic rings. The van der Waals surface area contributed by atoms with Crippen molar-refractivity contribution in [1.29, 1.82) is 0 Å². The van der Waals surface area contributed by atoms with Crippen LogP contribution in [-0.2, 0) is 7.05 Å². The normalized spacial score (nSPS) is 14.9. The minimum Gasteiger partial charge on any atom is -1.00 e. The largest absolute Gasteiger partial charge is 1.00 e. The van der Waals surface area contributed by atoms with Gasteiger partial charge in [-0.1, -0.05) is 24.3 Å². The lowest BCUT2D eigenvalue weighted by Gasteiger charge is -1.98. The molecule has 0 bridgehead atoms. The van der Waals surface area contributed by atoms with Gasteiger partial charge in [-0.05, 0) is 30.7 Å². The van der Waals surface area contributed by atoms with Crippen molar-refractivity contribution in [2.24, 2.45) is 7.05 Å². The summed E-state index contributed by atoms with van der Waals surface area (Å²) >= 11 is 0. The number of nitrogens with one attached hydrogen (secondary N) is 1. The molecule has 0 spiro atoms. The van der Waals surface area contributed by atoms with Crippen LogP contribution in [0.4, 0.5) is 5.69 Å². The number of benzene rings is 2. The number of oxazole rings is 1. The summed E-state index contributed by atoms with van der Waals surface area (Å²) in [6, 6.07) is 15.9. The van der Waals surface area contributed by atoms with Gasteiger partial charge in [-0.15, -0.1) is 0 Å². The Kier molecular flexibility index (Phi) is 4.62. The highest BCUT2D eigenvalue weighted by molar-refractivity contribution is 5.70. The number of fused-ring (bicyclic) bond motifs is 2. The second-order valence-corrected chi connectivity index (χ2v) is 5.59.